The Balaban J connectivity index is 1.17. The van der Waals surface area contributed by atoms with Gasteiger partial charge in [0.05, 0.1) is 34.6 Å². The first-order valence-electron chi connectivity index (χ1n) is 19.5. The second-order valence-electron chi connectivity index (χ2n) is 14.7. The molecule has 7 heteroatoms. The van der Waals surface area contributed by atoms with Gasteiger partial charge >= 0.3 is 0 Å². The number of anilines is 6. The zero-order valence-electron chi connectivity index (χ0n) is 31.6. The smallest absolute Gasteiger partial charge is 0.262 e. The third-order valence-corrected chi connectivity index (χ3v) is 11.4. The number of para-hydroxylation sites is 2. The van der Waals surface area contributed by atoms with Gasteiger partial charge in [-0.15, -0.1) is 0 Å². The highest BCUT2D eigenvalue weighted by Crippen LogP contribution is 2.46. The van der Waals surface area contributed by atoms with Crippen LogP contribution in [0.1, 0.15) is 11.1 Å². The minimum absolute atomic E-state index is 0.216. The monoisotopic (exact) mass is 754 g/mol. The molecule has 274 valence electrons. The SMILES string of the molecule is N#Cc1ccc(N(c2ccccc2)c2cc3c(c4ccccc24)B2c4c(cccc4Oc4cc(N(c5ccccc5)c5ccc(C#N)cc5)c5ccccc5c42)O3)cc1. The van der Waals surface area contributed by atoms with Gasteiger partial charge in [0.1, 0.15) is 23.0 Å². The molecule has 6 nitrogen and oxygen atoms in total. The normalized spacial score (nSPS) is 11.9. The van der Waals surface area contributed by atoms with Crippen molar-refractivity contribution in [3.8, 4) is 35.1 Å². The molecule has 0 saturated carbocycles. The van der Waals surface area contributed by atoms with Crippen molar-refractivity contribution < 1.29 is 9.47 Å². The third-order valence-electron chi connectivity index (χ3n) is 11.4. The van der Waals surface area contributed by atoms with Crippen molar-refractivity contribution in [2.45, 2.75) is 0 Å². The molecule has 0 fully saturated rings. The molecule has 0 aromatic heterocycles. The number of nitrogens with zero attached hydrogens (tertiary/aromatic N) is 4. The van der Waals surface area contributed by atoms with Crippen LogP contribution in [0, 0.1) is 22.7 Å². The van der Waals surface area contributed by atoms with E-state index in [1.54, 1.807) is 0 Å². The molecule has 9 aromatic rings. The standard InChI is InChI=1S/C52H31BN4O2/c54-32-34-22-26-38(27-23-34)56(36-12-3-1-4-13-36)44-30-48-50(42-18-9-7-16-40(42)44)53-51-43-19-10-8-17-41(43)45(31-49(51)59-47-21-11-20-46(58-48)52(47)53)57(37-14-5-2-6-15-37)39-28-24-35(33-55)25-29-39/h1-31H. The minimum atomic E-state index is -0.216. The number of ether oxygens (including phenoxy) is 2. The van der Waals surface area contributed by atoms with Crippen LogP contribution in [0.5, 0.6) is 23.0 Å². The van der Waals surface area contributed by atoms with Crippen LogP contribution in [0.3, 0.4) is 0 Å². The van der Waals surface area contributed by atoms with E-state index in [1.165, 1.54) is 0 Å². The summed E-state index contributed by atoms with van der Waals surface area (Å²) in [6.07, 6.45) is 0. The lowest BCUT2D eigenvalue weighted by atomic mass is 9.33. The highest BCUT2D eigenvalue weighted by molar-refractivity contribution is 7.01. The van der Waals surface area contributed by atoms with Crippen LogP contribution in [0.25, 0.3) is 21.5 Å². The lowest BCUT2D eigenvalue weighted by Crippen LogP contribution is -2.58. The van der Waals surface area contributed by atoms with E-state index >= 15 is 0 Å². The van der Waals surface area contributed by atoms with E-state index in [-0.39, 0.29) is 6.71 Å². The quantitative estimate of drug-likeness (QED) is 0.157. The van der Waals surface area contributed by atoms with Crippen LogP contribution in [-0.2, 0) is 0 Å². The second kappa shape index (κ2) is 13.7. The molecule has 0 aliphatic carbocycles. The summed E-state index contributed by atoms with van der Waals surface area (Å²) in [6.45, 7) is -0.216. The van der Waals surface area contributed by atoms with Crippen molar-refractivity contribution in [2.75, 3.05) is 9.80 Å². The van der Waals surface area contributed by atoms with Gasteiger partial charge in [0.15, 0.2) is 0 Å². The highest BCUT2D eigenvalue weighted by atomic mass is 16.5. The largest absolute Gasteiger partial charge is 0.458 e. The first-order chi connectivity index (χ1) is 29.2. The molecule has 2 heterocycles. The minimum Gasteiger partial charge on any atom is -0.458 e. The maximum absolute atomic E-state index is 9.63. The number of rotatable bonds is 6. The van der Waals surface area contributed by atoms with Crippen molar-refractivity contribution in [3.05, 3.63) is 199 Å². The van der Waals surface area contributed by atoms with Gasteiger partial charge in [0, 0.05) is 51.1 Å². The first-order valence-corrected chi connectivity index (χ1v) is 19.5. The van der Waals surface area contributed by atoms with Gasteiger partial charge < -0.3 is 19.3 Å². The summed E-state index contributed by atoms with van der Waals surface area (Å²) in [5, 5.41) is 23.5. The average Bonchev–Trinajstić information content (AvgIpc) is 3.30. The summed E-state index contributed by atoms with van der Waals surface area (Å²) in [7, 11) is 0. The summed E-state index contributed by atoms with van der Waals surface area (Å²) >= 11 is 0. The van der Waals surface area contributed by atoms with Crippen LogP contribution < -0.4 is 35.7 Å². The van der Waals surface area contributed by atoms with E-state index in [0.717, 1.165) is 95.1 Å². The molecule has 0 N–H and O–H groups in total. The van der Waals surface area contributed by atoms with Crippen LogP contribution in [0.15, 0.2) is 188 Å². The Kier molecular flexibility index (Phi) is 7.93. The van der Waals surface area contributed by atoms with Crippen molar-refractivity contribution in [1.29, 1.82) is 10.5 Å². The zero-order valence-corrected chi connectivity index (χ0v) is 31.6. The third kappa shape index (κ3) is 5.49. The molecule has 0 amide bonds. The molecule has 0 unspecified atom stereocenters. The maximum Gasteiger partial charge on any atom is 0.262 e. The van der Waals surface area contributed by atoms with Gasteiger partial charge in [-0.25, -0.2) is 0 Å². The molecule has 0 bridgehead atoms. The molecule has 59 heavy (non-hydrogen) atoms. The van der Waals surface area contributed by atoms with Gasteiger partial charge in [0.25, 0.3) is 6.71 Å². The molecule has 0 saturated heterocycles. The van der Waals surface area contributed by atoms with Crippen molar-refractivity contribution in [1.82, 2.24) is 0 Å². The second-order valence-corrected chi connectivity index (χ2v) is 14.7. The van der Waals surface area contributed by atoms with Crippen molar-refractivity contribution >= 4 is 78.8 Å². The Morgan fingerprint density at radius 2 is 0.729 bits per heavy atom. The average molecular weight is 755 g/mol. The Labute approximate surface area is 341 Å². The molecule has 0 atom stereocenters. The molecule has 2 aliphatic heterocycles. The summed E-state index contributed by atoms with van der Waals surface area (Å²) in [5.41, 5.74) is 10.1. The van der Waals surface area contributed by atoms with Crippen molar-refractivity contribution in [2.24, 2.45) is 0 Å². The molecule has 0 radical (unpaired) electrons. The fourth-order valence-corrected chi connectivity index (χ4v) is 8.88. The van der Waals surface area contributed by atoms with Gasteiger partial charge in [-0.1, -0.05) is 91.0 Å². The highest BCUT2D eigenvalue weighted by Gasteiger charge is 2.43. The predicted molar refractivity (Wildman–Crippen MR) is 238 cm³/mol. The number of hydrogen-bond donors (Lipinski definition) is 0. The zero-order chi connectivity index (χ0) is 39.5. The number of benzene rings is 9. The van der Waals surface area contributed by atoms with Crippen LogP contribution in [0.2, 0.25) is 0 Å². The summed E-state index contributed by atoms with van der Waals surface area (Å²) < 4.78 is 13.9. The fourth-order valence-electron chi connectivity index (χ4n) is 8.88. The lowest BCUT2D eigenvalue weighted by Gasteiger charge is -2.37. The van der Waals surface area contributed by atoms with Gasteiger partial charge in [-0.2, -0.15) is 10.5 Å². The molecule has 0 spiro atoms. The summed E-state index contributed by atoms with van der Waals surface area (Å²) in [4.78, 5) is 4.47. The Morgan fingerprint density at radius 3 is 1.14 bits per heavy atom. The van der Waals surface area contributed by atoms with E-state index < -0.39 is 0 Å². The number of hydrogen-bond acceptors (Lipinski definition) is 6. The van der Waals surface area contributed by atoms with E-state index in [1.807, 2.05) is 103 Å². The van der Waals surface area contributed by atoms with Crippen molar-refractivity contribution in [3.63, 3.8) is 0 Å². The predicted octanol–water partition coefficient (Wildman–Crippen LogP) is 11.4. The first kappa shape index (κ1) is 34.0. The molecule has 9 aromatic carbocycles. The van der Waals surface area contributed by atoms with E-state index in [4.69, 9.17) is 9.47 Å². The Hall–Kier alpha value is -8.26. The Bertz CT molecular complexity index is 2980. The summed E-state index contributed by atoms with van der Waals surface area (Å²) in [5.74, 6) is 3.06. The maximum atomic E-state index is 9.63. The van der Waals surface area contributed by atoms with Crippen LogP contribution in [-0.4, -0.2) is 6.71 Å². The fraction of sp³-hybridized carbons (Fsp3) is 0. The number of fused-ring (bicyclic) bond motifs is 8. The summed E-state index contributed by atoms with van der Waals surface area (Å²) in [6, 6.07) is 68.1. The van der Waals surface area contributed by atoms with E-state index in [9.17, 15) is 10.5 Å². The molecular weight excluding hydrogens is 723 g/mol. The van der Waals surface area contributed by atoms with Gasteiger partial charge in [0.2, 0.25) is 0 Å². The lowest BCUT2D eigenvalue weighted by molar-refractivity contribution is 0.465. The molecular formula is C52H31BN4O2. The van der Waals surface area contributed by atoms with Crippen LogP contribution in [0.4, 0.5) is 34.1 Å². The van der Waals surface area contributed by atoms with Crippen LogP contribution >= 0.6 is 0 Å². The molecule has 11 rings (SSSR count). The van der Waals surface area contributed by atoms with Gasteiger partial charge in [-0.3, -0.25) is 0 Å². The number of nitriles is 2. The van der Waals surface area contributed by atoms with E-state index in [0.29, 0.717) is 11.1 Å². The topological polar surface area (TPSA) is 72.5 Å². The Morgan fingerprint density at radius 1 is 0.356 bits per heavy atom. The van der Waals surface area contributed by atoms with Gasteiger partial charge in [-0.05, 0) is 107 Å². The van der Waals surface area contributed by atoms with E-state index in [2.05, 4.69) is 107 Å². The molecule has 2 aliphatic rings.